The van der Waals surface area contributed by atoms with Gasteiger partial charge in [0.15, 0.2) is 0 Å². The molecule has 1 aromatic rings. The largest absolute Gasteiger partial charge is 0.496 e. The lowest BCUT2D eigenvalue weighted by atomic mass is 10.1. The molecule has 2 rings (SSSR count). The molecule has 0 saturated carbocycles. The summed E-state index contributed by atoms with van der Waals surface area (Å²) >= 11 is 0. The van der Waals surface area contributed by atoms with Crippen molar-refractivity contribution in [3.8, 4) is 5.75 Å². The fraction of sp³-hybridized carbons (Fsp3) is 0.571. The van der Waals surface area contributed by atoms with Gasteiger partial charge in [0, 0.05) is 31.2 Å². The molecular weight excluding hydrogens is 276 g/mol. The van der Waals surface area contributed by atoms with Crippen LogP contribution in [-0.2, 0) is 16.6 Å². The molecule has 20 heavy (non-hydrogen) atoms. The Kier molecular flexibility index (Phi) is 5.01. The quantitative estimate of drug-likeness (QED) is 0.887. The standard InChI is InChI=1S/C14H22N2O3S/c1-19-14-6-4-3-5-12(14)11-15-13-7-9-16(10-8-13)20(2,17)18/h3-6,13,15H,7-11H2,1-2H3. The molecule has 0 atom stereocenters. The Morgan fingerprint density at radius 2 is 1.95 bits per heavy atom. The number of hydrogen-bond donors (Lipinski definition) is 1. The Morgan fingerprint density at radius 1 is 1.30 bits per heavy atom. The van der Waals surface area contributed by atoms with Gasteiger partial charge in [0.05, 0.1) is 13.4 Å². The molecule has 0 unspecified atom stereocenters. The van der Waals surface area contributed by atoms with Crippen molar-refractivity contribution in [2.24, 2.45) is 0 Å². The van der Waals surface area contributed by atoms with Crippen LogP contribution in [0.1, 0.15) is 18.4 Å². The van der Waals surface area contributed by atoms with Gasteiger partial charge in [-0.15, -0.1) is 0 Å². The first-order valence-corrected chi connectivity index (χ1v) is 8.66. The third kappa shape index (κ3) is 3.94. The molecule has 6 heteroatoms. The molecule has 0 bridgehead atoms. The third-order valence-corrected chi connectivity index (χ3v) is 5.00. The van der Waals surface area contributed by atoms with E-state index in [1.807, 2.05) is 24.3 Å². The van der Waals surface area contributed by atoms with Crippen LogP contribution in [-0.4, -0.2) is 45.2 Å². The highest BCUT2D eigenvalue weighted by atomic mass is 32.2. The van der Waals surface area contributed by atoms with Gasteiger partial charge in [0.2, 0.25) is 10.0 Å². The van der Waals surface area contributed by atoms with Crippen LogP contribution in [0.4, 0.5) is 0 Å². The summed E-state index contributed by atoms with van der Waals surface area (Å²) in [6, 6.07) is 8.29. The van der Waals surface area contributed by atoms with Crippen molar-refractivity contribution < 1.29 is 13.2 Å². The molecule has 1 fully saturated rings. The second-order valence-electron chi connectivity index (χ2n) is 5.13. The van der Waals surface area contributed by atoms with Crippen LogP contribution in [0.25, 0.3) is 0 Å². The van der Waals surface area contributed by atoms with Gasteiger partial charge in [-0.05, 0) is 18.9 Å². The Hall–Kier alpha value is -1.11. The SMILES string of the molecule is COc1ccccc1CNC1CCN(S(C)(=O)=O)CC1. The van der Waals surface area contributed by atoms with E-state index in [1.54, 1.807) is 11.4 Å². The highest BCUT2D eigenvalue weighted by molar-refractivity contribution is 7.88. The van der Waals surface area contributed by atoms with E-state index in [4.69, 9.17) is 4.74 Å². The van der Waals surface area contributed by atoms with Crippen molar-refractivity contribution in [1.82, 2.24) is 9.62 Å². The van der Waals surface area contributed by atoms with E-state index in [2.05, 4.69) is 5.32 Å². The normalized spacial score (nSPS) is 18.1. The van der Waals surface area contributed by atoms with Gasteiger partial charge < -0.3 is 10.1 Å². The van der Waals surface area contributed by atoms with Gasteiger partial charge in [-0.25, -0.2) is 12.7 Å². The summed E-state index contributed by atoms with van der Waals surface area (Å²) in [5.74, 6) is 0.883. The van der Waals surface area contributed by atoms with E-state index < -0.39 is 10.0 Å². The van der Waals surface area contributed by atoms with Gasteiger partial charge in [-0.1, -0.05) is 18.2 Å². The molecule has 112 valence electrons. The zero-order valence-corrected chi connectivity index (χ0v) is 12.8. The van der Waals surface area contributed by atoms with E-state index in [9.17, 15) is 8.42 Å². The number of benzene rings is 1. The van der Waals surface area contributed by atoms with Crippen LogP contribution in [0.5, 0.6) is 5.75 Å². The highest BCUT2D eigenvalue weighted by Gasteiger charge is 2.24. The van der Waals surface area contributed by atoms with E-state index in [0.29, 0.717) is 19.1 Å². The van der Waals surface area contributed by atoms with Crippen LogP contribution in [0.3, 0.4) is 0 Å². The number of hydrogen-bond acceptors (Lipinski definition) is 4. The maximum atomic E-state index is 11.4. The first-order valence-electron chi connectivity index (χ1n) is 6.81. The molecule has 0 aromatic heterocycles. The lowest BCUT2D eigenvalue weighted by Gasteiger charge is -2.30. The number of nitrogens with zero attached hydrogens (tertiary/aromatic N) is 1. The second-order valence-corrected chi connectivity index (χ2v) is 7.11. The Bertz CT molecular complexity index is 537. The fourth-order valence-electron chi connectivity index (χ4n) is 2.49. The Balaban J connectivity index is 1.85. The predicted octanol–water partition coefficient (Wildman–Crippen LogP) is 1.21. The molecular formula is C14H22N2O3S. The summed E-state index contributed by atoms with van der Waals surface area (Å²) in [7, 11) is -1.37. The first-order chi connectivity index (χ1) is 9.50. The minimum Gasteiger partial charge on any atom is -0.496 e. The van der Waals surface area contributed by atoms with E-state index in [0.717, 1.165) is 30.7 Å². The molecule has 5 nitrogen and oxygen atoms in total. The third-order valence-electron chi connectivity index (χ3n) is 3.70. The lowest BCUT2D eigenvalue weighted by Crippen LogP contribution is -2.44. The summed E-state index contributed by atoms with van der Waals surface area (Å²) in [4.78, 5) is 0. The first kappa shape index (κ1) is 15.3. The molecule has 0 radical (unpaired) electrons. The summed E-state index contributed by atoms with van der Waals surface area (Å²) in [6.07, 6.45) is 2.97. The second kappa shape index (κ2) is 6.56. The minimum absolute atomic E-state index is 0.359. The highest BCUT2D eigenvalue weighted by Crippen LogP contribution is 2.18. The van der Waals surface area contributed by atoms with E-state index in [1.165, 1.54) is 6.26 Å². The van der Waals surface area contributed by atoms with Crippen LogP contribution >= 0.6 is 0 Å². The molecule has 1 aromatic carbocycles. The van der Waals surface area contributed by atoms with Crippen molar-refractivity contribution in [3.05, 3.63) is 29.8 Å². The summed E-state index contributed by atoms with van der Waals surface area (Å²) in [5, 5.41) is 3.48. The van der Waals surface area contributed by atoms with Crippen molar-refractivity contribution in [2.75, 3.05) is 26.5 Å². The van der Waals surface area contributed by atoms with Crippen molar-refractivity contribution in [1.29, 1.82) is 0 Å². The number of methoxy groups -OCH3 is 1. The fourth-order valence-corrected chi connectivity index (χ4v) is 3.37. The zero-order chi connectivity index (χ0) is 14.6. The average Bonchev–Trinajstić information content (AvgIpc) is 2.45. The van der Waals surface area contributed by atoms with Gasteiger partial charge in [-0.2, -0.15) is 0 Å². The predicted molar refractivity (Wildman–Crippen MR) is 79.3 cm³/mol. The Labute approximate surface area is 121 Å². The molecule has 1 aliphatic heterocycles. The topological polar surface area (TPSA) is 58.6 Å². The number of sulfonamides is 1. The summed E-state index contributed by atoms with van der Waals surface area (Å²) in [6.45, 7) is 1.94. The van der Waals surface area contributed by atoms with Crippen LogP contribution in [0, 0.1) is 0 Å². The minimum atomic E-state index is -3.04. The van der Waals surface area contributed by atoms with Gasteiger partial charge in [0.1, 0.15) is 5.75 Å². The Morgan fingerprint density at radius 3 is 2.55 bits per heavy atom. The van der Waals surface area contributed by atoms with Crippen LogP contribution < -0.4 is 10.1 Å². The molecule has 0 amide bonds. The smallest absolute Gasteiger partial charge is 0.211 e. The summed E-state index contributed by atoms with van der Waals surface area (Å²) in [5.41, 5.74) is 1.13. The molecule has 1 heterocycles. The number of para-hydroxylation sites is 1. The molecule has 1 N–H and O–H groups in total. The van der Waals surface area contributed by atoms with E-state index >= 15 is 0 Å². The van der Waals surface area contributed by atoms with Crippen LogP contribution in [0.2, 0.25) is 0 Å². The zero-order valence-electron chi connectivity index (χ0n) is 12.0. The van der Waals surface area contributed by atoms with Crippen molar-refractivity contribution in [2.45, 2.75) is 25.4 Å². The number of piperidine rings is 1. The van der Waals surface area contributed by atoms with Gasteiger partial charge in [0.25, 0.3) is 0 Å². The average molecular weight is 298 g/mol. The van der Waals surface area contributed by atoms with Gasteiger partial charge >= 0.3 is 0 Å². The van der Waals surface area contributed by atoms with Gasteiger partial charge in [-0.3, -0.25) is 0 Å². The number of ether oxygens (including phenoxy) is 1. The monoisotopic (exact) mass is 298 g/mol. The number of rotatable bonds is 5. The molecule has 0 spiro atoms. The molecule has 0 aliphatic carbocycles. The van der Waals surface area contributed by atoms with Crippen molar-refractivity contribution in [3.63, 3.8) is 0 Å². The van der Waals surface area contributed by atoms with Crippen molar-refractivity contribution >= 4 is 10.0 Å². The lowest BCUT2D eigenvalue weighted by molar-refractivity contribution is 0.289. The molecule has 1 saturated heterocycles. The molecule has 1 aliphatic rings. The maximum Gasteiger partial charge on any atom is 0.211 e. The van der Waals surface area contributed by atoms with Crippen LogP contribution in [0.15, 0.2) is 24.3 Å². The maximum absolute atomic E-state index is 11.4. The number of nitrogens with one attached hydrogen (secondary N) is 1. The summed E-state index contributed by atoms with van der Waals surface area (Å²) < 4.78 is 29.8. The van der Waals surface area contributed by atoms with E-state index in [-0.39, 0.29) is 0 Å².